The lowest BCUT2D eigenvalue weighted by Crippen LogP contribution is -2.46. The van der Waals surface area contributed by atoms with Gasteiger partial charge >= 0.3 is 0 Å². The number of nitrogens with one attached hydrogen (secondary N) is 1. The normalized spacial score (nSPS) is 19.5. The van der Waals surface area contributed by atoms with E-state index in [1.54, 1.807) is 0 Å². The predicted octanol–water partition coefficient (Wildman–Crippen LogP) is 2.15. The summed E-state index contributed by atoms with van der Waals surface area (Å²) in [5, 5.41) is 13.8. The lowest BCUT2D eigenvalue weighted by molar-refractivity contribution is -0.385. The predicted molar refractivity (Wildman–Crippen MR) is 88.9 cm³/mol. The fraction of sp³-hybridized carbons (Fsp3) is 0.500. The van der Waals surface area contributed by atoms with Crippen molar-refractivity contribution < 1.29 is 13.3 Å². The van der Waals surface area contributed by atoms with Crippen LogP contribution in [0.1, 0.15) is 12.8 Å². The maximum Gasteiger partial charge on any atom is 0.270 e. The van der Waals surface area contributed by atoms with E-state index in [0.717, 1.165) is 12.8 Å². The Morgan fingerprint density at radius 2 is 2.14 bits per heavy atom. The van der Waals surface area contributed by atoms with Gasteiger partial charge in [-0.15, -0.1) is 12.4 Å². The highest BCUT2D eigenvalue weighted by atomic mass is 79.9. The lowest BCUT2D eigenvalue weighted by Gasteiger charge is -2.31. The third-order valence-electron chi connectivity index (χ3n) is 3.54. The smallest absolute Gasteiger partial charge is 0.270 e. The van der Waals surface area contributed by atoms with Crippen LogP contribution in [0.2, 0.25) is 0 Å². The molecule has 22 heavy (non-hydrogen) atoms. The third-order valence-corrected chi connectivity index (χ3v) is 6.38. The minimum absolute atomic E-state index is 0. The maximum atomic E-state index is 12.6. The van der Waals surface area contributed by atoms with Gasteiger partial charge in [-0.05, 0) is 41.9 Å². The van der Waals surface area contributed by atoms with Gasteiger partial charge in [0.05, 0.1) is 9.82 Å². The molecule has 1 unspecified atom stereocenters. The molecule has 0 spiro atoms. The standard InChI is InChI=1S/C12H16BrN3O4S.ClH/c1-14-9-3-2-6-15(8-9)21(19,20)12-5-4-10(16(17)18)7-11(12)13;/h4-5,7,9,14H,2-3,6,8H2,1H3;1H. The van der Waals surface area contributed by atoms with Crippen molar-refractivity contribution in [2.24, 2.45) is 0 Å². The van der Waals surface area contributed by atoms with Crippen LogP contribution in [0.4, 0.5) is 5.69 Å². The SMILES string of the molecule is CNC1CCCN(S(=O)(=O)c2ccc([N+](=O)[O-])cc2Br)C1.Cl. The lowest BCUT2D eigenvalue weighted by atomic mass is 10.1. The molecular formula is C12H17BrClN3O4S. The fourth-order valence-corrected chi connectivity index (χ4v) is 4.90. The molecule has 0 radical (unpaired) electrons. The summed E-state index contributed by atoms with van der Waals surface area (Å²) >= 11 is 3.12. The average molecular weight is 415 g/mol. The Balaban J connectivity index is 0.00000242. The Labute approximate surface area is 143 Å². The summed E-state index contributed by atoms with van der Waals surface area (Å²) in [5.74, 6) is 0. The molecule has 0 amide bonds. The van der Waals surface area contributed by atoms with Gasteiger partial charge in [-0.3, -0.25) is 10.1 Å². The zero-order valence-electron chi connectivity index (χ0n) is 11.9. The zero-order chi connectivity index (χ0) is 15.6. The molecule has 2 rings (SSSR count). The average Bonchev–Trinajstić information content (AvgIpc) is 2.46. The summed E-state index contributed by atoms with van der Waals surface area (Å²) in [7, 11) is -1.85. The molecule has 0 aromatic heterocycles. The van der Waals surface area contributed by atoms with E-state index in [9.17, 15) is 18.5 Å². The molecule has 0 aliphatic carbocycles. The van der Waals surface area contributed by atoms with Gasteiger partial charge in [0.15, 0.2) is 0 Å². The molecule has 1 N–H and O–H groups in total. The molecule has 0 saturated carbocycles. The van der Waals surface area contributed by atoms with Gasteiger partial charge in [-0.25, -0.2) is 8.42 Å². The molecule has 124 valence electrons. The van der Waals surface area contributed by atoms with E-state index < -0.39 is 14.9 Å². The van der Waals surface area contributed by atoms with Crippen LogP contribution in [0, 0.1) is 10.1 Å². The highest BCUT2D eigenvalue weighted by molar-refractivity contribution is 9.10. The molecule has 1 saturated heterocycles. The summed E-state index contributed by atoms with van der Waals surface area (Å²) in [6, 6.07) is 3.83. The number of hydrogen-bond donors (Lipinski definition) is 1. The second-order valence-electron chi connectivity index (χ2n) is 4.86. The van der Waals surface area contributed by atoms with Crippen molar-refractivity contribution in [1.29, 1.82) is 0 Å². The topological polar surface area (TPSA) is 92.6 Å². The van der Waals surface area contributed by atoms with Crippen LogP contribution in [0.5, 0.6) is 0 Å². The number of likely N-dealkylation sites (N-methyl/N-ethyl adjacent to an activating group) is 1. The Morgan fingerprint density at radius 3 is 2.68 bits per heavy atom. The van der Waals surface area contributed by atoms with Crippen LogP contribution in [-0.2, 0) is 10.0 Å². The van der Waals surface area contributed by atoms with E-state index in [0.29, 0.717) is 13.1 Å². The summed E-state index contributed by atoms with van der Waals surface area (Å²) in [6.45, 7) is 0.867. The largest absolute Gasteiger partial charge is 0.316 e. The van der Waals surface area contributed by atoms with Gasteiger partial charge < -0.3 is 5.32 Å². The molecule has 1 fully saturated rings. The Morgan fingerprint density at radius 1 is 1.45 bits per heavy atom. The first-order valence-corrected chi connectivity index (χ1v) is 8.71. The van der Waals surface area contributed by atoms with Gasteiger partial charge in [0.25, 0.3) is 5.69 Å². The summed E-state index contributed by atoms with van der Waals surface area (Å²) in [5.41, 5.74) is -0.146. The van der Waals surface area contributed by atoms with Crippen molar-refractivity contribution in [3.63, 3.8) is 0 Å². The van der Waals surface area contributed by atoms with E-state index >= 15 is 0 Å². The van der Waals surface area contributed by atoms with Crippen molar-refractivity contribution in [3.05, 3.63) is 32.8 Å². The Bertz CT molecular complexity index is 656. The van der Waals surface area contributed by atoms with Gasteiger partial charge in [0.2, 0.25) is 10.0 Å². The Kier molecular flexibility index (Phi) is 6.75. The number of nitrogens with zero attached hydrogens (tertiary/aromatic N) is 2. The Hall–Kier alpha value is -0.740. The molecule has 10 heteroatoms. The number of piperidine rings is 1. The molecule has 1 atom stereocenters. The van der Waals surface area contributed by atoms with E-state index in [1.165, 1.54) is 22.5 Å². The van der Waals surface area contributed by atoms with E-state index in [2.05, 4.69) is 21.2 Å². The first kappa shape index (κ1) is 19.3. The first-order valence-electron chi connectivity index (χ1n) is 6.47. The fourth-order valence-electron chi connectivity index (χ4n) is 2.35. The minimum Gasteiger partial charge on any atom is -0.316 e. The van der Waals surface area contributed by atoms with E-state index in [-0.39, 0.29) is 33.5 Å². The van der Waals surface area contributed by atoms with Gasteiger partial charge in [0, 0.05) is 35.7 Å². The van der Waals surface area contributed by atoms with Gasteiger partial charge in [0.1, 0.15) is 0 Å². The number of benzene rings is 1. The highest BCUT2D eigenvalue weighted by Gasteiger charge is 2.31. The number of hydrogen-bond acceptors (Lipinski definition) is 5. The number of nitro benzene ring substituents is 1. The van der Waals surface area contributed by atoms with Crippen LogP contribution in [0.3, 0.4) is 0 Å². The van der Waals surface area contributed by atoms with Crippen molar-refractivity contribution in [2.45, 2.75) is 23.8 Å². The number of sulfonamides is 1. The summed E-state index contributed by atoms with van der Waals surface area (Å²) in [4.78, 5) is 10.2. The van der Waals surface area contributed by atoms with E-state index in [1.807, 2.05) is 7.05 Å². The monoisotopic (exact) mass is 413 g/mol. The molecule has 1 aliphatic heterocycles. The van der Waals surface area contributed by atoms with Crippen LogP contribution in [0.25, 0.3) is 0 Å². The van der Waals surface area contributed by atoms with Crippen molar-refractivity contribution in [3.8, 4) is 0 Å². The number of rotatable bonds is 4. The molecule has 7 nitrogen and oxygen atoms in total. The van der Waals surface area contributed by atoms with Crippen molar-refractivity contribution in [2.75, 3.05) is 20.1 Å². The zero-order valence-corrected chi connectivity index (χ0v) is 15.1. The van der Waals surface area contributed by atoms with Gasteiger partial charge in [-0.2, -0.15) is 4.31 Å². The quantitative estimate of drug-likeness (QED) is 0.602. The molecule has 0 bridgehead atoms. The highest BCUT2D eigenvalue weighted by Crippen LogP contribution is 2.30. The molecule has 1 aliphatic rings. The second-order valence-corrected chi connectivity index (χ2v) is 7.62. The van der Waals surface area contributed by atoms with Crippen LogP contribution < -0.4 is 5.32 Å². The molecular weight excluding hydrogens is 398 g/mol. The number of nitro groups is 1. The molecule has 1 aromatic carbocycles. The van der Waals surface area contributed by atoms with Gasteiger partial charge in [-0.1, -0.05) is 0 Å². The number of halogens is 2. The van der Waals surface area contributed by atoms with Crippen molar-refractivity contribution >= 4 is 44.0 Å². The first-order chi connectivity index (χ1) is 9.86. The second kappa shape index (κ2) is 7.69. The van der Waals surface area contributed by atoms with Crippen LogP contribution >= 0.6 is 28.3 Å². The van der Waals surface area contributed by atoms with E-state index in [4.69, 9.17) is 0 Å². The molecule has 1 aromatic rings. The third kappa shape index (κ3) is 3.96. The van der Waals surface area contributed by atoms with Crippen molar-refractivity contribution in [1.82, 2.24) is 9.62 Å². The number of non-ortho nitro benzene ring substituents is 1. The minimum atomic E-state index is -3.65. The maximum absolute atomic E-state index is 12.6. The molecule has 1 heterocycles. The summed E-state index contributed by atoms with van der Waals surface area (Å²) < 4.78 is 26.9. The van der Waals surface area contributed by atoms with Crippen LogP contribution in [0.15, 0.2) is 27.6 Å². The van der Waals surface area contributed by atoms with Crippen LogP contribution in [-0.4, -0.2) is 43.8 Å². The summed E-state index contributed by atoms with van der Waals surface area (Å²) in [6.07, 6.45) is 1.72.